The third kappa shape index (κ3) is 2.82. The molecule has 1 N–H and O–H groups in total. The van der Waals surface area contributed by atoms with E-state index in [-0.39, 0.29) is 6.04 Å². The first-order chi connectivity index (χ1) is 10.8. The van der Waals surface area contributed by atoms with E-state index in [0.29, 0.717) is 6.54 Å². The molecule has 1 aromatic heterocycles. The number of hydrogen-bond acceptors (Lipinski definition) is 1. The van der Waals surface area contributed by atoms with Crippen LogP contribution in [0.5, 0.6) is 0 Å². The summed E-state index contributed by atoms with van der Waals surface area (Å²) in [6, 6.07) is 6.50. The molecule has 23 heavy (non-hydrogen) atoms. The number of rotatable bonds is 3. The molecule has 4 heteroatoms. The normalized spacial score (nSPS) is 15.7. The predicted molar refractivity (Wildman–Crippen MR) is 93.0 cm³/mol. The average molecular weight is 314 g/mol. The molecule has 0 radical (unpaired) electrons. The molecule has 0 fully saturated rings. The summed E-state index contributed by atoms with van der Waals surface area (Å²) in [6.07, 6.45) is 4.76. The van der Waals surface area contributed by atoms with E-state index in [2.05, 4.69) is 29.0 Å². The molecule has 0 saturated heterocycles. The summed E-state index contributed by atoms with van der Waals surface area (Å²) in [5.74, 6) is 0. The zero-order valence-corrected chi connectivity index (χ0v) is 14.5. The number of hydrogen-bond donors (Lipinski definition) is 1. The highest BCUT2D eigenvalue weighted by atomic mass is 16.4. The van der Waals surface area contributed by atoms with E-state index in [1.807, 2.05) is 27.7 Å². The molecular formula is C19H26N2O2. The summed E-state index contributed by atoms with van der Waals surface area (Å²) in [5.41, 5.74) is 3.80. The Morgan fingerprint density at radius 1 is 1.30 bits per heavy atom. The van der Waals surface area contributed by atoms with Crippen LogP contribution >= 0.6 is 0 Å². The smallest absolute Gasteiger partial charge is 0.408 e. The van der Waals surface area contributed by atoms with Gasteiger partial charge in [-0.1, -0.05) is 12.1 Å². The first-order valence-corrected chi connectivity index (χ1v) is 8.41. The van der Waals surface area contributed by atoms with Gasteiger partial charge in [-0.15, -0.1) is 0 Å². The molecule has 0 bridgehead atoms. The minimum Gasteiger partial charge on any atom is -0.465 e. The van der Waals surface area contributed by atoms with Crippen molar-refractivity contribution in [1.82, 2.24) is 9.47 Å². The lowest BCUT2D eigenvalue weighted by molar-refractivity contribution is 0.0705. The van der Waals surface area contributed by atoms with Gasteiger partial charge in [0.2, 0.25) is 0 Å². The fourth-order valence-electron chi connectivity index (χ4n) is 4.04. The van der Waals surface area contributed by atoms with E-state index in [4.69, 9.17) is 0 Å². The molecule has 0 spiro atoms. The Balaban J connectivity index is 1.96. The van der Waals surface area contributed by atoms with Crippen LogP contribution in [-0.2, 0) is 19.4 Å². The van der Waals surface area contributed by atoms with E-state index in [9.17, 15) is 9.90 Å². The van der Waals surface area contributed by atoms with E-state index in [1.165, 1.54) is 28.5 Å². The summed E-state index contributed by atoms with van der Waals surface area (Å²) in [4.78, 5) is 13.2. The Labute approximate surface area is 137 Å². The van der Waals surface area contributed by atoms with Gasteiger partial charge in [0.05, 0.1) is 11.6 Å². The van der Waals surface area contributed by atoms with Crippen molar-refractivity contribution in [3.05, 3.63) is 35.5 Å². The summed E-state index contributed by atoms with van der Waals surface area (Å²) < 4.78 is 2.24. The molecule has 0 saturated carbocycles. The molecule has 1 aliphatic rings. The Kier molecular flexibility index (Phi) is 3.86. The van der Waals surface area contributed by atoms with Crippen molar-refractivity contribution in [2.45, 2.75) is 65.1 Å². The van der Waals surface area contributed by atoms with Crippen molar-refractivity contribution >= 4 is 17.0 Å². The number of aryl methyl sites for hydroxylation is 2. The Morgan fingerprint density at radius 3 is 2.70 bits per heavy atom. The van der Waals surface area contributed by atoms with Gasteiger partial charge < -0.3 is 9.67 Å². The average Bonchev–Trinajstić information content (AvgIpc) is 3.01. The van der Waals surface area contributed by atoms with E-state index in [1.54, 1.807) is 4.90 Å². The van der Waals surface area contributed by atoms with Crippen LogP contribution in [0, 0.1) is 0 Å². The van der Waals surface area contributed by atoms with Gasteiger partial charge in [-0.05, 0) is 69.5 Å². The quantitative estimate of drug-likeness (QED) is 0.918. The summed E-state index contributed by atoms with van der Waals surface area (Å²) in [6.45, 7) is 8.52. The summed E-state index contributed by atoms with van der Waals surface area (Å²) in [5, 5.41) is 10.9. The van der Waals surface area contributed by atoms with Gasteiger partial charge in [0.15, 0.2) is 0 Å². The van der Waals surface area contributed by atoms with Crippen LogP contribution in [0.2, 0.25) is 0 Å². The minimum atomic E-state index is -0.855. The largest absolute Gasteiger partial charge is 0.465 e. The lowest BCUT2D eigenvalue weighted by atomic mass is 10.0. The van der Waals surface area contributed by atoms with E-state index < -0.39 is 11.6 Å². The Hall–Kier alpha value is -1.97. The van der Waals surface area contributed by atoms with E-state index in [0.717, 1.165) is 12.8 Å². The summed E-state index contributed by atoms with van der Waals surface area (Å²) in [7, 11) is 0. The lowest BCUT2D eigenvalue weighted by Gasteiger charge is -2.38. The maximum atomic E-state index is 11.7. The van der Waals surface area contributed by atoms with Crippen LogP contribution in [0.3, 0.4) is 0 Å². The molecule has 1 unspecified atom stereocenters. The van der Waals surface area contributed by atoms with Crippen LogP contribution in [0.4, 0.5) is 4.79 Å². The highest BCUT2D eigenvalue weighted by Crippen LogP contribution is 2.31. The van der Waals surface area contributed by atoms with Crippen LogP contribution in [0.25, 0.3) is 10.9 Å². The maximum absolute atomic E-state index is 11.7. The molecule has 1 aromatic carbocycles. The fourth-order valence-corrected chi connectivity index (χ4v) is 4.04. The van der Waals surface area contributed by atoms with Gasteiger partial charge in [0, 0.05) is 18.3 Å². The van der Waals surface area contributed by atoms with Crippen LogP contribution in [0.1, 0.15) is 45.2 Å². The highest BCUT2D eigenvalue weighted by Gasteiger charge is 2.31. The maximum Gasteiger partial charge on any atom is 0.408 e. The monoisotopic (exact) mass is 314 g/mol. The lowest BCUT2D eigenvalue weighted by Crippen LogP contribution is -2.51. The topological polar surface area (TPSA) is 45.5 Å². The van der Waals surface area contributed by atoms with Gasteiger partial charge >= 0.3 is 6.09 Å². The molecule has 124 valence electrons. The predicted octanol–water partition coefficient (Wildman–Crippen LogP) is 4.30. The number of nitrogens with zero attached hydrogens (tertiary/aromatic N) is 2. The van der Waals surface area contributed by atoms with Gasteiger partial charge in [-0.3, -0.25) is 4.90 Å². The van der Waals surface area contributed by atoms with Crippen molar-refractivity contribution in [2.75, 3.05) is 0 Å². The first-order valence-electron chi connectivity index (χ1n) is 8.41. The molecule has 0 aliphatic heterocycles. The van der Waals surface area contributed by atoms with Gasteiger partial charge in [-0.25, -0.2) is 4.79 Å². The second-order valence-corrected chi connectivity index (χ2v) is 7.64. The van der Waals surface area contributed by atoms with Crippen LogP contribution < -0.4 is 0 Å². The molecule has 2 aromatic rings. The Morgan fingerprint density at radius 2 is 2.04 bits per heavy atom. The summed E-state index contributed by atoms with van der Waals surface area (Å²) >= 11 is 0. The van der Waals surface area contributed by atoms with Crippen LogP contribution in [-0.4, -0.2) is 32.2 Å². The van der Waals surface area contributed by atoms with Crippen molar-refractivity contribution < 1.29 is 9.90 Å². The number of benzene rings is 1. The van der Waals surface area contributed by atoms with Gasteiger partial charge in [0.25, 0.3) is 0 Å². The number of carboxylic acid groups (broad SMARTS) is 1. The Bertz CT molecular complexity index is 740. The van der Waals surface area contributed by atoms with Crippen LogP contribution in [0.15, 0.2) is 24.4 Å². The molecule has 1 atom stereocenters. The fraction of sp³-hybridized carbons (Fsp3) is 0.526. The van der Waals surface area contributed by atoms with Crippen molar-refractivity contribution in [3.8, 4) is 0 Å². The molecule has 1 aliphatic carbocycles. The first kappa shape index (κ1) is 15.9. The number of amides is 1. The zero-order chi connectivity index (χ0) is 16.8. The molecule has 1 amide bonds. The van der Waals surface area contributed by atoms with Gasteiger partial charge in [-0.2, -0.15) is 0 Å². The number of carbonyl (C=O) groups is 1. The zero-order valence-electron chi connectivity index (χ0n) is 14.5. The molecule has 1 heterocycles. The van der Waals surface area contributed by atoms with Gasteiger partial charge in [0.1, 0.15) is 0 Å². The third-order valence-electron chi connectivity index (χ3n) is 4.84. The molecule has 4 nitrogen and oxygen atoms in total. The third-order valence-corrected chi connectivity index (χ3v) is 4.84. The van der Waals surface area contributed by atoms with Crippen molar-refractivity contribution in [2.24, 2.45) is 0 Å². The van der Waals surface area contributed by atoms with Crippen molar-refractivity contribution in [3.63, 3.8) is 0 Å². The number of aromatic nitrogens is 1. The number of fused-ring (bicyclic) bond motifs is 3. The SMILES string of the molecule is CC(Cn1ccc2ccc3c(c21)CCC3)N(C(=O)O)C(C)(C)C. The minimum absolute atomic E-state index is 0.0830. The van der Waals surface area contributed by atoms with Crippen molar-refractivity contribution in [1.29, 1.82) is 0 Å². The second kappa shape index (κ2) is 5.59. The molecule has 3 rings (SSSR count). The van der Waals surface area contributed by atoms with E-state index >= 15 is 0 Å². The molecular weight excluding hydrogens is 288 g/mol. The highest BCUT2D eigenvalue weighted by molar-refractivity contribution is 5.85. The standard InChI is InChI=1S/C19H26N2O2/c1-13(21(18(22)23)19(2,3)4)12-20-11-10-15-9-8-14-6-5-7-16(14)17(15)20/h8-11,13H,5-7,12H2,1-4H3,(H,22,23). The second-order valence-electron chi connectivity index (χ2n) is 7.64.